The van der Waals surface area contributed by atoms with Crippen LogP contribution in [-0.4, -0.2) is 67.4 Å². The summed E-state index contributed by atoms with van der Waals surface area (Å²) in [5, 5.41) is 5.20. The molecule has 1 fully saturated rings. The Morgan fingerprint density at radius 2 is 1.84 bits per heavy atom. The van der Waals surface area contributed by atoms with Gasteiger partial charge in [0.1, 0.15) is 17.5 Å². The molecule has 0 bridgehead atoms. The molecule has 1 aromatic carbocycles. The van der Waals surface area contributed by atoms with Gasteiger partial charge in [-0.25, -0.2) is 18.7 Å². The van der Waals surface area contributed by atoms with E-state index >= 15 is 0 Å². The van der Waals surface area contributed by atoms with E-state index in [0.717, 1.165) is 17.0 Å². The normalized spacial score (nSPS) is 19.4. The predicted octanol–water partition coefficient (Wildman–Crippen LogP) is 4.49. The Hall–Kier alpha value is -3.40. The number of aryl methyl sites for hydroxylation is 2. The number of benzene rings is 1. The summed E-state index contributed by atoms with van der Waals surface area (Å²) < 4.78 is 27.9. The minimum absolute atomic E-state index is 0.0258. The molecule has 9 nitrogen and oxygen atoms in total. The van der Waals surface area contributed by atoms with Gasteiger partial charge in [-0.3, -0.25) is 4.79 Å². The van der Waals surface area contributed by atoms with Crippen LogP contribution in [-0.2, 0) is 17.8 Å². The number of nitrogens with zero attached hydrogens (tertiary/aromatic N) is 5. The van der Waals surface area contributed by atoms with Crippen molar-refractivity contribution in [2.45, 2.75) is 65.6 Å². The molecule has 0 saturated carbocycles. The molecule has 2 aliphatic heterocycles. The third kappa shape index (κ3) is 4.70. The second kappa shape index (κ2) is 9.16. The van der Waals surface area contributed by atoms with E-state index in [2.05, 4.69) is 10.1 Å². The van der Waals surface area contributed by atoms with E-state index in [1.165, 1.54) is 4.90 Å². The summed E-state index contributed by atoms with van der Waals surface area (Å²) in [5.74, 6) is 0.00752. The van der Waals surface area contributed by atoms with Gasteiger partial charge in [-0.1, -0.05) is 23.7 Å². The van der Waals surface area contributed by atoms with Gasteiger partial charge >= 0.3 is 6.09 Å². The maximum Gasteiger partial charge on any atom is 0.410 e. The zero-order chi connectivity index (χ0) is 26.6. The molecule has 0 radical (unpaired) electrons. The van der Waals surface area contributed by atoms with Crippen molar-refractivity contribution in [3.8, 4) is 5.75 Å². The third-order valence-corrected chi connectivity index (χ3v) is 7.04. The molecule has 2 amide bonds. The Morgan fingerprint density at radius 3 is 2.57 bits per heavy atom. The Kier molecular flexibility index (Phi) is 6.26. The van der Waals surface area contributed by atoms with Crippen molar-refractivity contribution >= 4 is 29.2 Å². The largest absolute Gasteiger partial charge is 0.485 e. The molecule has 3 aromatic rings. The molecule has 5 rings (SSSR count). The number of halogens is 2. The first kappa shape index (κ1) is 25.3. The monoisotopic (exact) mass is 529 g/mol. The number of ether oxygens (including phenoxy) is 2. The summed E-state index contributed by atoms with van der Waals surface area (Å²) in [6, 6.07) is 6.75. The number of likely N-dealkylation sites (tertiary alicyclic amines) is 1. The van der Waals surface area contributed by atoms with Gasteiger partial charge in [-0.05, 0) is 46.8 Å². The SMILES string of the molecule is Cc1nc2c3c(nn2c(C)c1Cl)CN(C(=O)c1ccccc1OC1CN(C(=O)OC(C)(C)C)CC1F)C3. The van der Waals surface area contributed by atoms with E-state index < -0.39 is 24.0 Å². The molecule has 0 N–H and O–H groups in total. The molecule has 0 aliphatic carbocycles. The van der Waals surface area contributed by atoms with Crippen LogP contribution in [0.2, 0.25) is 5.02 Å². The highest BCUT2D eigenvalue weighted by molar-refractivity contribution is 6.31. The zero-order valence-corrected chi connectivity index (χ0v) is 22.2. The Morgan fingerprint density at radius 1 is 1.11 bits per heavy atom. The lowest BCUT2D eigenvalue weighted by molar-refractivity contribution is 0.0273. The zero-order valence-electron chi connectivity index (χ0n) is 21.4. The van der Waals surface area contributed by atoms with Gasteiger partial charge in [0.25, 0.3) is 5.91 Å². The topological polar surface area (TPSA) is 89.3 Å². The third-order valence-electron chi connectivity index (χ3n) is 6.49. The van der Waals surface area contributed by atoms with Crippen LogP contribution in [0.3, 0.4) is 0 Å². The Balaban J connectivity index is 1.33. The molecule has 2 unspecified atom stereocenters. The van der Waals surface area contributed by atoms with Crippen molar-refractivity contribution in [2.75, 3.05) is 13.1 Å². The van der Waals surface area contributed by atoms with Gasteiger partial charge in [0.15, 0.2) is 11.8 Å². The summed E-state index contributed by atoms with van der Waals surface area (Å²) in [6.07, 6.45) is -2.92. The molecular formula is C26H29ClFN5O4. The van der Waals surface area contributed by atoms with Crippen molar-refractivity contribution in [1.29, 1.82) is 0 Å². The number of carbonyl (C=O) groups is 2. The average molecular weight is 530 g/mol. The van der Waals surface area contributed by atoms with Gasteiger partial charge in [0.2, 0.25) is 0 Å². The van der Waals surface area contributed by atoms with Crippen LogP contribution in [0.15, 0.2) is 24.3 Å². The highest BCUT2D eigenvalue weighted by atomic mass is 35.5. The maximum atomic E-state index is 14.8. The van der Waals surface area contributed by atoms with Crippen LogP contribution in [0, 0.1) is 13.8 Å². The van der Waals surface area contributed by atoms with Crippen LogP contribution < -0.4 is 4.74 Å². The van der Waals surface area contributed by atoms with Crippen molar-refractivity contribution in [2.24, 2.45) is 0 Å². The Bertz CT molecular complexity index is 1400. The maximum absolute atomic E-state index is 14.8. The molecule has 4 heterocycles. The molecule has 2 aromatic heterocycles. The smallest absolute Gasteiger partial charge is 0.410 e. The Labute approximate surface area is 219 Å². The van der Waals surface area contributed by atoms with Crippen molar-refractivity contribution < 1.29 is 23.5 Å². The van der Waals surface area contributed by atoms with E-state index in [1.54, 1.807) is 54.5 Å². The van der Waals surface area contributed by atoms with Gasteiger partial charge in [0.05, 0.1) is 53.8 Å². The second-order valence-corrected chi connectivity index (χ2v) is 10.9. The van der Waals surface area contributed by atoms with Gasteiger partial charge in [-0.2, -0.15) is 5.10 Å². The fraction of sp³-hybridized carbons (Fsp3) is 0.462. The summed E-state index contributed by atoms with van der Waals surface area (Å²) in [4.78, 5) is 33.5. The standard InChI is InChI=1S/C26H29ClFN5O4/c1-14-22(27)15(2)33-23(29-14)17-10-31(12-19(17)30-33)24(34)16-8-6-7-9-20(16)36-21-13-32(11-18(21)28)25(35)37-26(3,4)5/h6-9,18,21H,10-13H2,1-5H3. The van der Waals surface area contributed by atoms with E-state index in [-0.39, 0.29) is 24.7 Å². The molecule has 2 atom stereocenters. The molecule has 196 valence electrons. The van der Waals surface area contributed by atoms with Crippen molar-refractivity contribution in [3.63, 3.8) is 0 Å². The van der Waals surface area contributed by atoms with Crippen LogP contribution in [0.4, 0.5) is 9.18 Å². The second-order valence-electron chi connectivity index (χ2n) is 10.5. The summed E-state index contributed by atoms with van der Waals surface area (Å²) in [7, 11) is 0. The highest BCUT2D eigenvalue weighted by Gasteiger charge is 2.40. The van der Waals surface area contributed by atoms with Crippen molar-refractivity contribution in [3.05, 3.63) is 57.5 Å². The van der Waals surface area contributed by atoms with Crippen LogP contribution in [0.5, 0.6) is 5.75 Å². The predicted molar refractivity (Wildman–Crippen MR) is 135 cm³/mol. The number of hydrogen-bond acceptors (Lipinski definition) is 6. The van der Waals surface area contributed by atoms with Gasteiger partial charge in [-0.15, -0.1) is 0 Å². The van der Waals surface area contributed by atoms with E-state index in [1.807, 2.05) is 13.8 Å². The summed E-state index contributed by atoms with van der Waals surface area (Å²) in [5.41, 5.74) is 3.45. The highest BCUT2D eigenvalue weighted by Crippen LogP contribution is 2.32. The van der Waals surface area contributed by atoms with E-state index in [0.29, 0.717) is 35.0 Å². The van der Waals surface area contributed by atoms with E-state index in [9.17, 15) is 14.0 Å². The first-order chi connectivity index (χ1) is 17.4. The van der Waals surface area contributed by atoms with Gasteiger partial charge < -0.3 is 19.3 Å². The van der Waals surface area contributed by atoms with Crippen molar-refractivity contribution in [1.82, 2.24) is 24.4 Å². The number of aromatic nitrogens is 3. The molecular weight excluding hydrogens is 501 g/mol. The van der Waals surface area contributed by atoms with Crippen LogP contribution in [0.1, 0.15) is 53.8 Å². The number of rotatable bonds is 3. The number of alkyl halides is 1. The number of fused-ring (bicyclic) bond motifs is 3. The fourth-order valence-electron chi connectivity index (χ4n) is 4.66. The minimum Gasteiger partial charge on any atom is -0.485 e. The summed E-state index contributed by atoms with van der Waals surface area (Å²) >= 11 is 6.33. The number of hydrogen-bond donors (Lipinski definition) is 0. The lowest BCUT2D eigenvalue weighted by Gasteiger charge is -2.24. The fourth-order valence-corrected chi connectivity index (χ4v) is 4.78. The molecule has 11 heteroatoms. The minimum atomic E-state index is -1.41. The first-order valence-electron chi connectivity index (χ1n) is 12.1. The first-order valence-corrected chi connectivity index (χ1v) is 12.5. The lowest BCUT2D eigenvalue weighted by Crippen LogP contribution is -2.36. The average Bonchev–Trinajstić information content (AvgIpc) is 3.50. The lowest BCUT2D eigenvalue weighted by atomic mass is 10.1. The van der Waals surface area contributed by atoms with Gasteiger partial charge in [0, 0.05) is 5.56 Å². The van der Waals surface area contributed by atoms with E-state index in [4.69, 9.17) is 21.1 Å². The molecule has 1 saturated heterocycles. The van der Waals surface area contributed by atoms with Crippen LogP contribution >= 0.6 is 11.6 Å². The molecule has 0 spiro atoms. The number of para-hydroxylation sites is 1. The number of amides is 2. The quantitative estimate of drug-likeness (QED) is 0.496. The molecule has 37 heavy (non-hydrogen) atoms. The molecule has 2 aliphatic rings. The summed E-state index contributed by atoms with van der Waals surface area (Å²) in [6.45, 7) is 9.52. The number of carbonyl (C=O) groups excluding carboxylic acids is 2. The van der Waals surface area contributed by atoms with Crippen LogP contribution in [0.25, 0.3) is 5.65 Å².